The van der Waals surface area contributed by atoms with Crippen LogP contribution in [0, 0.1) is 17.8 Å². The van der Waals surface area contributed by atoms with E-state index >= 15 is 0 Å². The molecule has 4 aliphatic carbocycles. The summed E-state index contributed by atoms with van der Waals surface area (Å²) in [6, 6.07) is -0.375. The molecule has 0 radical (unpaired) electrons. The SMILES string of the molecule is CCOC(=O)Cc1csc(SCC(=O)NC(=O)NC23CC4CC(CC(C4)C2)C3)n1. The predicted octanol–water partition coefficient (Wildman–Crippen LogP) is 3.14. The van der Waals surface area contributed by atoms with Gasteiger partial charge in [-0.05, 0) is 63.2 Å². The van der Waals surface area contributed by atoms with Crippen molar-refractivity contribution in [1.82, 2.24) is 15.6 Å². The molecule has 7 nitrogen and oxygen atoms in total. The first kappa shape index (κ1) is 20.7. The second kappa shape index (κ2) is 8.63. The van der Waals surface area contributed by atoms with Gasteiger partial charge in [-0.3, -0.25) is 14.9 Å². The maximum Gasteiger partial charge on any atom is 0.321 e. The highest BCUT2D eigenvalue weighted by Crippen LogP contribution is 2.55. The van der Waals surface area contributed by atoms with E-state index in [1.807, 2.05) is 0 Å². The van der Waals surface area contributed by atoms with Gasteiger partial charge < -0.3 is 10.1 Å². The molecule has 1 aromatic heterocycles. The zero-order chi connectivity index (χ0) is 20.4. The van der Waals surface area contributed by atoms with Crippen LogP contribution in [0.1, 0.15) is 51.1 Å². The number of thioether (sulfide) groups is 1. The van der Waals surface area contributed by atoms with E-state index < -0.39 is 0 Å². The van der Waals surface area contributed by atoms with Gasteiger partial charge in [0.25, 0.3) is 0 Å². The van der Waals surface area contributed by atoms with Crippen molar-refractivity contribution in [3.05, 3.63) is 11.1 Å². The molecule has 158 valence electrons. The molecule has 4 fully saturated rings. The third-order valence-electron chi connectivity index (χ3n) is 6.16. The van der Waals surface area contributed by atoms with Crippen LogP contribution in [0.15, 0.2) is 9.72 Å². The lowest BCUT2D eigenvalue weighted by Crippen LogP contribution is -2.61. The number of thiazole rings is 1. The average Bonchev–Trinajstić information content (AvgIpc) is 3.05. The Balaban J connectivity index is 1.22. The lowest BCUT2D eigenvalue weighted by Gasteiger charge is -2.56. The Hall–Kier alpha value is -1.61. The number of aromatic nitrogens is 1. The van der Waals surface area contributed by atoms with Gasteiger partial charge in [0.2, 0.25) is 5.91 Å². The zero-order valence-corrected chi connectivity index (χ0v) is 18.2. The largest absolute Gasteiger partial charge is 0.466 e. The van der Waals surface area contributed by atoms with Gasteiger partial charge in [0.15, 0.2) is 4.34 Å². The summed E-state index contributed by atoms with van der Waals surface area (Å²) >= 11 is 2.64. The van der Waals surface area contributed by atoms with Gasteiger partial charge in [-0.15, -0.1) is 11.3 Å². The van der Waals surface area contributed by atoms with E-state index in [-0.39, 0.29) is 35.6 Å². The molecule has 0 aliphatic heterocycles. The molecule has 4 aliphatic rings. The summed E-state index contributed by atoms with van der Waals surface area (Å²) in [5, 5.41) is 7.41. The van der Waals surface area contributed by atoms with Crippen LogP contribution in [0.3, 0.4) is 0 Å². The molecular weight excluding hydrogens is 410 g/mol. The van der Waals surface area contributed by atoms with Gasteiger partial charge in [-0.1, -0.05) is 11.8 Å². The number of carbonyl (C=O) groups excluding carboxylic acids is 3. The number of hydrogen-bond acceptors (Lipinski definition) is 7. The summed E-state index contributed by atoms with van der Waals surface area (Å²) in [4.78, 5) is 40.4. The number of urea groups is 1. The second-order valence-electron chi connectivity index (χ2n) is 8.58. The molecule has 29 heavy (non-hydrogen) atoms. The lowest BCUT2D eigenvalue weighted by molar-refractivity contribution is -0.142. The van der Waals surface area contributed by atoms with E-state index in [4.69, 9.17) is 4.74 Å². The fourth-order valence-corrected chi connectivity index (χ4v) is 7.27. The fraction of sp³-hybridized carbons (Fsp3) is 0.700. The minimum absolute atomic E-state index is 0.108. The molecule has 1 heterocycles. The smallest absolute Gasteiger partial charge is 0.321 e. The molecule has 0 spiro atoms. The monoisotopic (exact) mass is 437 g/mol. The van der Waals surface area contributed by atoms with Crippen LogP contribution >= 0.6 is 23.1 Å². The number of imide groups is 1. The van der Waals surface area contributed by atoms with Crippen LogP contribution in [0.4, 0.5) is 4.79 Å². The number of ether oxygens (including phenoxy) is 1. The average molecular weight is 438 g/mol. The Labute approximate surface area is 178 Å². The highest BCUT2D eigenvalue weighted by Gasteiger charge is 2.51. The topological polar surface area (TPSA) is 97.4 Å². The lowest BCUT2D eigenvalue weighted by atomic mass is 9.53. The number of carbonyl (C=O) groups is 3. The van der Waals surface area contributed by atoms with Gasteiger partial charge in [0.1, 0.15) is 0 Å². The highest BCUT2D eigenvalue weighted by atomic mass is 32.2. The Morgan fingerprint density at radius 3 is 2.48 bits per heavy atom. The normalized spacial score (nSPS) is 29.5. The van der Waals surface area contributed by atoms with Gasteiger partial charge >= 0.3 is 12.0 Å². The summed E-state index contributed by atoms with van der Waals surface area (Å²) in [6.07, 6.45) is 7.22. The Bertz CT molecular complexity index is 759. The van der Waals surface area contributed by atoms with Crippen LogP contribution < -0.4 is 10.6 Å². The maximum atomic E-state index is 12.4. The van der Waals surface area contributed by atoms with Crippen molar-refractivity contribution in [3.8, 4) is 0 Å². The Morgan fingerprint density at radius 2 is 1.86 bits per heavy atom. The summed E-state index contributed by atoms with van der Waals surface area (Å²) in [6.45, 7) is 2.11. The van der Waals surface area contributed by atoms with E-state index in [9.17, 15) is 14.4 Å². The van der Waals surface area contributed by atoms with Crippen molar-refractivity contribution in [2.24, 2.45) is 17.8 Å². The molecule has 4 bridgehead atoms. The summed E-state index contributed by atoms with van der Waals surface area (Å²) in [7, 11) is 0. The predicted molar refractivity (Wildman–Crippen MR) is 111 cm³/mol. The van der Waals surface area contributed by atoms with E-state index in [0.29, 0.717) is 16.6 Å². The van der Waals surface area contributed by atoms with Crippen LogP contribution in [0.2, 0.25) is 0 Å². The summed E-state index contributed by atoms with van der Waals surface area (Å²) < 4.78 is 5.60. The van der Waals surface area contributed by atoms with E-state index in [0.717, 1.165) is 37.0 Å². The molecule has 0 saturated heterocycles. The number of hydrogen-bond donors (Lipinski definition) is 2. The number of nitrogens with zero attached hydrogens (tertiary/aromatic N) is 1. The van der Waals surface area contributed by atoms with Crippen molar-refractivity contribution in [2.75, 3.05) is 12.4 Å². The Morgan fingerprint density at radius 1 is 1.21 bits per heavy atom. The zero-order valence-electron chi connectivity index (χ0n) is 16.6. The quantitative estimate of drug-likeness (QED) is 0.502. The molecule has 5 rings (SSSR count). The molecule has 3 amide bonds. The second-order valence-corrected chi connectivity index (χ2v) is 10.7. The minimum Gasteiger partial charge on any atom is -0.466 e. The number of amides is 3. The van der Waals surface area contributed by atoms with Crippen LogP contribution in [-0.4, -0.2) is 40.8 Å². The third-order valence-corrected chi connectivity index (χ3v) is 8.23. The molecule has 0 atom stereocenters. The first-order valence-corrected chi connectivity index (χ1v) is 12.1. The van der Waals surface area contributed by atoms with Crippen molar-refractivity contribution in [1.29, 1.82) is 0 Å². The first-order valence-electron chi connectivity index (χ1n) is 10.3. The van der Waals surface area contributed by atoms with Crippen molar-refractivity contribution in [2.45, 2.75) is 61.7 Å². The van der Waals surface area contributed by atoms with Crippen molar-refractivity contribution >= 4 is 41.0 Å². The molecule has 2 N–H and O–H groups in total. The van der Waals surface area contributed by atoms with Crippen LogP contribution in [-0.2, 0) is 20.7 Å². The molecule has 9 heteroatoms. The highest BCUT2D eigenvalue weighted by molar-refractivity contribution is 8.01. The van der Waals surface area contributed by atoms with E-state index in [1.165, 1.54) is 42.4 Å². The third kappa shape index (κ3) is 5.12. The molecule has 4 saturated carbocycles. The van der Waals surface area contributed by atoms with Gasteiger partial charge in [0, 0.05) is 10.9 Å². The van der Waals surface area contributed by atoms with Crippen LogP contribution in [0.5, 0.6) is 0 Å². The summed E-state index contributed by atoms with van der Waals surface area (Å²) in [5.41, 5.74) is 0.528. The van der Waals surface area contributed by atoms with Gasteiger partial charge in [-0.2, -0.15) is 0 Å². The molecular formula is C20H27N3O4S2. The number of esters is 1. The van der Waals surface area contributed by atoms with E-state index in [1.54, 1.807) is 12.3 Å². The molecule has 1 aromatic rings. The van der Waals surface area contributed by atoms with Crippen LogP contribution in [0.25, 0.3) is 0 Å². The summed E-state index contributed by atoms with van der Waals surface area (Å²) in [5.74, 6) is 1.68. The minimum atomic E-state index is -0.375. The first-order chi connectivity index (χ1) is 13.9. The van der Waals surface area contributed by atoms with Crippen molar-refractivity contribution < 1.29 is 19.1 Å². The van der Waals surface area contributed by atoms with Crippen molar-refractivity contribution in [3.63, 3.8) is 0 Å². The number of nitrogens with one attached hydrogen (secondary N) is 2. The van der Waals surface area contributed by atoms with Gasteiger partial charge in [0.05, 0.1) is 24.5 Å². The fourth-order valence-electron chi connectivity index (χ4n) is 5.62. The molecule has 0 unspecified atom stereocenters. The van der Waals surface area contributed by atoms with Gasteiger partial charge in [-0.25, -0.2) is 9.78 Å². The Kier molecular flexibility index (Phi) is 6.15. The number of rotatable bonds is 7. The standard InChI is InChI=1S/C20H27N3O4S2/c1-2-27-17(25)6-15-10-28-19(21-15)29-11-16(24)22-18(26)23-20-7-12-3-13(8-20)5-14(4-12)9-20/h10,12-14H,2-9,11H2,1H3,(H2,22,23,24,26). The van der Waals surface area contributed by atoms with E-state index in [2.05, 4.69) is 15.6 Å². The molecule has 0 aromatic carbocycles. The maximum absolute atomic E-state index is 12.4.